The minimum absolute atomic E-state index is 0.0377. The molecule has 2 aliphatic rings. The van der Waals surface area contributed by atoms with Gasteiger partial charge in [-0.3, -0.25) is 24.0 Å². The maximum atomic E-state index is 14.1. The van der Waals surface area contributed by atoms with Crippen molar-refractivity contribution in [2.24, 2.45) is 16.2 Å². The number of β-amino-alcohol motifs (C(OH)–C–C–N with tert-alkyl or cyclic N) is 1. The van der Waals surface area contributed by atoms with Crippen molar-refractivity contribution in [1.82, 2.24) is 35.7 Å². The average molecular weight is 986 g/mol. The molecule has 0 bridgehead atoms. The van der Waals surface area contributed by atoms with Gasteiger partial charge in [0.1, 0.15) is 47.3 Å². The van der Waals surface area contributed by atoms with Crippen molar-refractivity contribution in [2.45, 2.75) is 105 Å². The van der Waals surface area contributed by atoms with E-state index in [1.165, 1.54) is 4.90 Å². The maximum absolute atomic E-state index is 14.1. The van der Waals surface area contributed by atoms with Gasteiger partial charge in [-0.25, -0.2) is 4.98 Å². The van der Waals surface area contributed by atoms with E-state index in [4.69, 9.17) is 21.1 Å². The predicted octanol–water partition coefficient (Wildman–Crippen LogP) is 7.21. The second-order valence-electron chi connectivity index (χ2n) is 20.6. The van der Waals surface area contributed by atoms with Gasteiger partial charge >= 0.3 is 0 Å². The van der Waals surface area contributed by atoms with E-state index < -0.39 is 70.6 Å². The van der Waals surface area contributed by atoms with E-state index in [9.17, 15) is 34.3 Å². The molecule has 4 atom stereocenters. The molecule has 0 unspecified atom stereocenters. The van der Waals surface area contributed by atoms with E-state index in [0.29, 0.717) is 33.4 Å². The zero-order valence-corrected chi connectivity index (χ0v) is 42.1. The van der Waals surface area contributed by atoms with Crippen molar-refractivity contribution in [3.8, 4) is 29.0 Å². The van der Waals surface area contributed by atoms with Crippen LogP contribution in [-0.4, -0.2) is 92.5 Å². The molecule has 4 aromatic carbocycles. The van der Waals surface area contributed by atoms with Gasteiger partial charge in [0.25, 0.3) is 11.8 Å². The first-order valence-corrected chi connectivity index (χ1v) is 23.9. The third-order valence-corrected chi connectivity index (χ3v) is 13.8. The fraction of sp³-hybridized carbons (Fsp3) is 0.389. The maximum Gasteiger partial charge on any atom is 0.251 e. The second kappa shape index (κ2) is 20.6. The number of aryl methyl sites for hydroxylation is 1. The fourth-order valence-corrected chi connectivity index (χ4v) is 10.1. The Kier molecular flexibility index (Phi) is 15.0. The molecule has 5 aromatic rings. The molecule has 1 saturated carbocycles. The molecule has 71 heavy (non-hydrogen) atoms. The summed E-state index contributed by atoms with van der Waals surface area (Å²) in [5, 5.41) is 31.7. The van der Waals surface area contributed by atoms with Crippen LogP contribution in [0.15, 0.2) is 103 Å². The lowest BCUT2D eigenvalue weighted by Crippen LogP contribution is -2.74. The lowest BCUT2D eigenvalue weighted by atomic mass is 9.49. The molecule has 17 heteroatoms. The molecule has 372 valence electrons. The van der Waals surface area contributed by atoms with Crippen LogP contribution in [0.3, 0.4) is 0 Å². The van der Waals surface area contributed by atoms with Crippen LogP contribution in [0.4, 0.5) is 0 Å². The summed E-state index contributed by atoms with van der Waals surface area (Å²) in [5.74, 6) is -0.0638. The Labute approximate surface area is 419 Å². The number of benzene rings is 4. The third kappa shape index (κ3) is 11.4. The van der Waals surface area contributed by atoms with Crippen LogP contribution in [0.25, 0.3) is 5.69 Å². The lowest BCUT2D eigenvalue weighted by Gasteiger charge is -2.63. The van der Waals surface area contributed by atoms with Crippen LogP contribution >= 0.6 is 11.6 Å². The number of aliphatic hydroxyl groups is 1. The molecular weight excluding hydrogens is 924 g/mol. The number of ether oxygens (including phenoxy) is 2. The first kappa shape index (κ1) is 51.6. The highest BCUT2D eigenvalue weighted by atomic mass is 35.5. The summed E-state index contributed by atoms with van der Waals surface area (Å²) in [7, 11) is 0. The molecule has 2 heterocycles. The Morgan fingerprint density at radius 1 is 0.873 bits per heavy atom. The first-order chi connectivity index (χ1) is 33.5. The van der Waals surface area contributed by atoms with Crippen LogP contribution in [0.5, 0.6) is 17.2 Å². The monoisotopic (exact) mass is 984 g/mol. The van der Waals surface area contributed by atoms with E-state index in [1.54, 1.807) is 93.7 Å². The number of hydrogen-bond acceptors (Lipinski definition) is 10. The number of nitriles is 1. The zero-order chi connectivity index (χ0) is 51.6. The van der Waals surface area contributed by atoms with Gasteiger partial charge in [0.2, 0.25) is 17.7 Å². The van der Waals surface area contributed by atoms with Gasteiger partial charge in [-0.05, 0) is 97.6 Å². The predicted molar refractivity (Wildman–Crippen MR) is 267 cm³/mol. The summed E-state index contributed by atoms with van der Waals surface area (Å²) in [6.07, 6.45) is 2.44. The van der Waals surface area contributed by atoms with Gasteiger partial charge in [-0.15, -0.1) is 0 Å². The Morgan fingerprint density at radius 2 is 1.46 bits per heavy atom. The molecule has 0 spiro atoms. The topological polar surface area (TPSA) is 217 Å². The summed E-state index contributed by atoms with van der Waals surface area (Å²) >= 11 is 6.24. The molecule has 1 saturated heterocycles. The SMILES string of the molecule is Cc1nccn1-c1ccc([C@H](C)NC(=O)[C@@H]2C[C@@H](O)CN2C(=O)[C@@H](NC(=O)CNC(=O)c2ccc(Oc3ccc(C(=O)N[C@H]4C(C)(C)[C@H](Oc5ccc(C#N)c(Cl)c5)C4(C)C)cc3)cc2)C(C)(C)C)cc1. The van der Waals surface area contributed by atoms with Crippen LogP contribution in [0, 0.1) is 34.5 Å². The molecule has 7 rings (SSSR count). The van der Waals surface area contributed by atoms with E-state index in [1.807, 2.05) is 82.6 Å². The first-order valence-electron chi connectivity index (χ1n) is 23.5. The van der Waals surface area contributed by atoms with E-state index in [2.05, 4.69) is 26.3 Å². The standard InChI is InChI=1S/C54H61ClN8O8/c1-31(33-10-17-37(18-11-33)62-25-24-57-32(62)2)59-48(68)43-26-38(64)30-63(43)49(69)45(52(3,4)5)60-44(65)29-58-46(66)34-12-19-39(20-13-34)70-40-21-14-35(15-22-40)47(67)61-50-53(6,7)51(54(50,8)9)71-41-23-16-36(28-56)42(55)27-41/h10-25,27,31,38,43,45,50-51,64H,26,29-30H2,1-9H3,(H,58,66)(H,59,68)(H,60,65)(H,61,67)/t31-,38+,43-,45+,50-,51-/m0/s1. The van der Waals surface area contributed by atoms with Crippen molar-refractivity contribution in [2.75, 3.05) is 13.1 Å². The number of hydrogen-bond donors (Lipinski definition) is 5. The molecule has 5 amide bonds. The Balaban J connectivity index is 0.884. The third-order valence-electron chi connectivity index (χ3n) is 13.4. The summed E-state index contributed by atoms with van der Waals surface area (Å²) in [4.78, 5) is 73.3. The number of halogens is 1. The quantitative estimate of drug-likeness (QED) is 0.0710. The minimum Gasteiger partial charge on any atom is -0.489 e. The van der Waals surface area contributed by atoms with Gasteiger partial charge in [0.15, 0.2) is 0 Å². The summed E-state index contributed by atoms with van der Waals surface area (Å²) in [5.41, 5.74) is 1.17. The summed E-state index contributed by atoms with van der Waals surface area (Å²) in [6.45, 7) is 16.7. The Morgan fingerprint density at radius 3 is 2.01 bits per heavy atom. The van der Waals surface area contributed by atoms with Gasteiger partial charge in [0, 0.05) is 65.1 Å². The molecular formula is C54H61ClN8O8. The highest BCUT2D eigenvalue weighted by Gasteiger charge is 2.64. The highest BCUT2D eigenvalue weighted by Crippen LogP contribution is 2.55. The number of carbonyl (C=O) groups is 5. The number of rotatable bonds is 15. The van der Waals surface area contributed by atoms with Crippen molar-refractivity contribution < 1.29 is 38.6 Å². The van der Waals surface area contributed by atoms with E-state index in [-0.39, 0.29) is 36.6 Å². The minimum atomic E-state index is -1.08. The second-order valence-corrected chi connectivity index (χ2v) is 21.0. The molecule has 5 N–H and O–H groups in total. The fourth-order valence-electron chi connectivity index (χ4n) is 9.86. The summed E-state index contributed by atoms with van der Waals surface area (Å²) in [6, 6.07) is 25.0. The molecule has 2 fully saturated rings. The lowest BCUT2D eigenvalue weighted by molar-refractivity contribution is -0.164. The normalized spacial score (nSPS) is 19.8. The van der Waals surface area contributed by atoms with Gasteiger partial charge in [-0.1, -0.05) is 72.2 Å². The molecule has 1 aromatic heterocycles. The highest BCUT2D eigenvalue weighted by molar-refractivity contribution is 6.31. The number of aliphatic hydroxyl groups excluding tert-OH is 1. The molecule has 1 aliphatic heterocycles. The van der Waals surface area contributed by atoms with Gasteiger partial charge in [0.05, 0.1) is 29.3 Å². The average Bonchev–Trinajstić information content (AvgIpc) is 3.95. The number of amides is 5. The van der Waals surface area contributed by atoms with Crippen LogP contribution in [-0.2, 0) is 14.4 Å². The van der Waals surface area contributed by atoms with Crippen LogP contribution in [0.1, 0.15) is 106 Å². The van der Waals surface area contributed by atoms with Gasteiger partial charge < -0.3 is 45.3 Å². The zero-order valence-electron chi connectivity index (χ0n) is 41.4. The molecule has 0 radical (unpaired) electrons. The number of nitrogens with zero attached hydrogens (tertiary/aromatic N) is 4. The van der Waals surface area contributed by atoms with E-state index >= 15 is 0 Å². The summed E-state index contributed by atoms with van der Waals surface area (Å²) < 4.78 is 14.3. The molecule has 1 aliphatic carbocycles. The van der Waals surface area contributed by atoms with Crippen molar-refractivity contribution >= 4 is 41.1 Å². The number of imidazole rings is 1. The number of likely N-dealkylation sites (tertiary alicyclic amines) is 1. The van der Waals surface area contributed by atoms with E-state index in [0.717, 1.165) is 17.1 Å². The van der Waals surface area contributed by atoms with Crippen molar-refractivity contribution in [1.29, 1.82) is 5.26 Å². The van der Waals surface area contributed by atoms with Gasteiger partial charge in [-0.2, -0.15) is 5.26 Å². The van der Waals surface area contributed by atoms with Crippen LogP contribution < -0.4 is 30.7 Å². The van der Waals surface area contributed by atoms with Crippen molar-refractivity contribution in [3.05, 3.63) is 136 Å². The Hall–Kier alpha value is -7.22. The number of aromatic nitrogens is 2. The molecule has 16 nitrogen and oxygen atoms in total. The largest absolute Gasteiger partial charge is 0.489 e. The number of nitrogens with one attached hydrogen (secondary N) is 4. The smallest absolute Gasteiger partial charge is 0.251 e. The number of carbonyl (C=O) groups excluding carboxylic acids is 5. The van der Waals surface area contributed by atoms with Crippen LogP contribution in [0.2, 0.25) is 5.02 Å². The van der Waals surface area contributed by atoms with Crippen molar-refractivity contribution in [3.63, 3.8) is 0 Å². The Bertz CT molecular complexity index is 2820.